The van der Waals surface area contributed by atoms with E-state index in [1.54, 1.807) is 14.2 Å². The molecule has 0 atom stereocenters. The summed E-state index contributed by atoms with van der Waals surface area (Å²) in [5.74, 6) is 0. The maximum atomic E-state index is 4.25. The Bertz CT molecular complexity index is 70.5. The highest BCUT2D eigenvalue weighted by atomic mass is 16.4. The van der Waals surface area contributed by atoms with E-state index < -0.39 is 0 Å². The first-order chi connectivity index (χ1) is 6.35. The van der Waals surface area contributed by atoms with E-state index in [9.17, 15) is 0 Å². The summed E-state index contributed by atoms with van der Waals surface area (Å²) in [6, 6.07) is 0.861. The van der Waals surface area contributed by atoms with Crippen LogP contribution in [0.15, 0.2) is 0 Å². The SMILES string of the molecule is CC.CCNC1CCCC1.COC. The Morgan fingerprint density at radius 3 is 1.85 bits per heavy atom. The molecule has 0 bridgehead atoms. The van der Waals surface area contributed by atoms with Crippen molar-refractivity contribution < 1.29 is 4.74 Å². The molecule has 0 aromatic rings. The molecule has 0 saturated heterocycles. The predicted octanol–water partition coefficient (Wildman–Crippen LogP) is 2.83. The van der Waals surface area contributed by atoms with Gasteiger partial charge in [0.05, 0.1) is 0 Å². The van der Waals surface area contributed by atoms with Gasteiger partial charge in [-0.2, -0.15) is 0 Å². The maximum Gasteiger partial charge on any atom is 0.0351 e. The fraction of sp³-hybridized carbons (Fsp3) is 1.00. The Balaban J connectivity index is 0. The number of hydrogen-bond acceptors (Lipinski definition) is 2. The van der Waals surface area contributed by atoms with Crippen LogP contribution >= 0.6 is 0 Å². The lowest BCUT2D eigenvalue weighted by atomic mass is 10.2. The van der Waals surface area contributed by atoms with Crippen molar-refractivity contribution in [3.05, 3.63) is 0 Å². The molecule has 0 radical (unpaired) electrons. The van der Waals surface area contributed by atoms with Gasteiger partial charge in [0.15, 0.2) is 0 Å². The van der Waals surface area contributed by atoms with Crippen LogP contribution in [0.1, 0.15) is 46.5 Å². The van der Waals surface area contributed by atoms with Gasteiger partial charge in [0.25, 0.3) is 0 Å². The van der Waals surface area contributed by atoms with Gasteiger partial charge in [0.2, 0.25) is 0 Å². The van der Waals surface area contributed by atoms with Crippen LogP contribution in [0.4, 0.5) is 0 Å². The van der Waals surface area contributed by atoms with E-state index in [1.807, 2.05) is 13.8 Å². The zero-order chi connectivity index (χ0) is 10.5. The molecular weight excluding hydrogens is 162 g/mol. The standard InChI is InChI=1S/C7H15N.C2H6O.C2H6/c1-2-8-7-5-3-4-6-7;1-3-2;1-2/h7-8H,2-6H2,1H3;1-2H3;1-2H3. The summed E-state index contributed by atoms with van der Waals surface area (Å²) in [4.78, 5) is 0. The van der Waals surface area contributed by atoms with E-state index in [1.165, 1.54) is 25.7 Å². The van der Waals surface area contributed by atoms with Gasteiger partial charge in [-0.3, -0.25) is 0 Å². The highest BCUT2D eigenvalue weighted by molar-refractivity contribution is 4.72. The lowest BCUT2D eigenvalue weighted by molar-refractivity contribution is 0.277. The first kappa shape index (κ1) is 15.4. The van der Waals surface area contributed by atoms with E-state index in [2.05, 4.69) is 17.0 Å². The average molecular weight is 189 g/mol. The zero-order valence-electron chi connectivity index (χ0n) is 10.0. The van der Waals surface area contributed by atoms with Crippen molar-refractivity contribution in [1.29, 1.82) is 0 Å². The predicted molar refractivity (Wildman–Crippen MR) is 60.2 cm³/mol. The van der Waals surface area contributed by atoms with Gasteiger partial charge in [-0.05, 0) is 19.4 Å². The number of nitrogens with one attached hydrogen (secondary N) is 1. The van der Waals surface area contributed by atoms with Crippen molar-refractivity contribution in [3.63, 3.8) is 0 Å². The van der Waals surface area contributed by atoms with Crippen LogP contribution < -0.4 is 5.32 Å². The summed E-state index contributed by atoms with van der Waals surface area (Å²) >= 11 is 0. The number of ether oxygens (including phenoxy) is 1. The molecule has 1 rings (SSSR count). The minimum atomic E-state index is 0.861. The van der Waals surface area contributed by atoms with E-state index in [-0.39, 0.29) is 0 Å². The van der Waals surface area contributed by atoms with Crippen molar-refractivity contribution in [3.8, 4) is 0 Å². The Morgan fingerprint density at radius 1 is 1.15 bits per heavy atom. The van der Waals surface area contributed by atoms with Gasteiger partial charge in [-0.1, -0.05) is 33.6 Å². The molecule has 0 aromatic heterocycles. The van der Waals surface area contributed by atoms with Crippen molar-refractivity contribution in [2.45, 2.75) is 52.5 Å². The quantitative estimate of drug-likeness (QED) is 0.721. The first-order valence-electron chi connectivity index (χ1n) is 5.48. The second kappa shape index (κ2) is 14.4. The van der Waals surface area contributed by atoms with Gasteiger partial charge >= 0.3 is 0 Å². The van der Waals surface area contributed by atoms with Gasteiger partial charge in [-0.25, -0.2) is 0 Å². The van der Waals surface area contributed by atoms with Crippen LogP contribution in [-0.2, 0) is 4.74 Å². The lowest BCUT2D eigenvalue weighted by Gasteiger charge is -2.07. The molecule has 1 aliphatic carbocycles. The van der Waals surface area contributed by atoms with E-state index in [4.69, 9.17) is 0 Å². The molecule has 1 fully saturated rings. The van der Waals surface area contributed by atoms with Crippen LogP contribution in [0.5, 0.6) is 0 Å². The maximum absolute atomic E-state index is 4.25. The van der Waals surface area contributed by atoms with Crippen LogP contribution in [0.2, 0.25) is 0 Å². The summed E-state index contributed by atoms with van der Waals surface area (Å²) < 4.78 is 4.25. The fourth-order valence-corrected chi connectivity index (χ4v) is 1.42. The minimum absolute atomic E-state index is 0.861. The summed E-state index contributed by atoms with van der Waals surface area (Å²) in [5, 5.41) is 3.44. The first-order valence-corrected chi connectivity index (χ1v) is 5.48. The fourth-order valence-electron chi connectivity index (χ4n) is 1.42. The third-order valence-electron chi connectivity index (χ3n) is 1.85. The third kappa shape index (κ3) is 11.9. The molecule has 2 heteroatoms. The average Bonchev–Trinajstić information content (AvgIpc) is 2.63. The largest absolute Gasteiger partial charge is 0.388 e. The lowest BCUT2D eigenvalue weighted by Crippen LogP contribution is -2.24. The summed E-state index contributed by atoms with van der Waals surface area (Å²) in [5.41, 5.74) is 0. The molecule has 0 aromatic carbocycles. The number of methoxy groups -OCH3 is 1. The number of rotatable bonds is 2. The van der Waals surface area contributed by atoms with Gasteiger partial charge < -0.3 is 10.1 Å². The molecule has 2 nitrogen and oxygen atoms in total. The second-order valence-corrected chi connectivity index (χ2v) is 2.95. The van der Waals surface area contributed by atoms with Crippen LogP contribution in [0.25, 0.3) is 0 Å². The summed E-state index contributed by atoms with van der Waals surface area (Å²) in [6.45, 7) is 7.32. The highest BCUT2D eigenvalue weighted by Crippen LogP contribution is 2.16. The van der Waals surface area contributed by atoms with Crippen LogP contribution in [0, 0.1) is 0 Å². The van der Waals surface area contributed by atoms with Crippen molar-refractivity contribution in [1.82, 2.24) is 5.32 Å². The molecule has 1 aliphatic rings. The van der Waals surface area contributed by atoms with Crippen LogP contribution in [-0.4, -0.2) is 26.8 Å². The normalized spacial score (nSPS) is 15.5. The Labute approximate surface area is 84.1 Å². The van der Waals surface area contributed by atoms with Crippen molar-refractivity contribution in [2.75, 3.05) is 20.8 Å². The third-order valence-corrected chi connectivity index (χ3v) is 1.85. The Morgan fingerprint density at radius 2 is 1.54 bits per heavy atom. The molecule has 0 unspecified atom stereocenters. The Kier molecular flexibility index (Phi) is 17.1. The van der Waals surface area contributed by atoms with E-state index in [0.29, 0.717) is 0 Å². The molecule has 0 aliphatic heterocycles. The molecule has 0 spiro atoms. The summed E-state index contributed by atoms with van der Waals surface area (Å²) in [7, 11) is 3.25. The molecule has 0 amide bonds. The van der Waals surface area contributed by atoms with E-state index >= 15 is 0 Å². The van der Waals surface area contributed by atoms with Gasteiger partial charge in [0.1, 0.15) is 0 Å². The number of hydrogen-bond donors (Lipinski definition) is 1. The molecule has 1 saturated carbocycles. The van der Waals surface area contributed by atoms with Crippen molar-refractivity contribution in [2.24, 2.45) is 0 Å². The second-order valence-electron chi connectivity index (χ2n) is 2.95. The van der Waals surface area contributed by atoms with Crippen molar-refractivity contribution >= 4 is 0 Å². The smallest absolute Gasteiger partial charge is 0.0351 e. The van der Waals surface area contributed by atoms with Gasteiger partial charge in [0, 0.05) is 20.3 Å². The Hall–Kier alpha value is -0.0800. The molecule has 13 heavy (non-hydrogen) atoms. The topological polar surface area (TPSA) is 21.3 Å². The monoisotopic (exact) mass is 189 g/mol. The molecule has 1 N–H and O–H groups in total. The molecular formula is C11H27NO. The van der Waals surface area contributed by atoms with E-state index in [0.717, 1.165) is 12.6 Å². The van der Waals surface area contributed by atoms with Gasteiger partial charge in [-0.15, -0.1) is 0 Å². The zero-order valence-corrected chi connectivity index (χ0v) is 10.0. The summed E-state index contributed by atoms with van der Waals surface area (Å²) in [6.07, 6.45) is 5.71. The minimum Gasteiger partial charge on any atom is -0.388 e. The molecule has 82 valence electrons. The highest BCUT2D eigenvalue weighted by Gasteiger charge is 2.11. The van der Waals surface area contributed by atoms with Crippen LogP contribution in [0.3, 0.4) is 0 Å². The molecule has 0 heterocycles.